The van der Waals surface area contributed by atoms with Gasteiger partial charge in [-0.25, -0.2) is 0 Å². The highest BCUT2D eigenvalue weighted by Gasteiger charge is 2.44. The monoisotopic (exact) mass is 398 g/mol. The summed E-state index contributed by atoms with van der Waals surface area (Å²) in [4.78, 5) is 17.4. The van der Waals surface area contributed by atoms with Gasteiger partial charge in [-0.1, -0.05) is 12.1 Å². The van der Waals surface area contributed by atoms with Crippen molar-refractivity contribution < 1.29 is 14.3 Å². The maximum absolute atomic E-state index is 13.4. The topological polar surface area (TPSA) is 72.2 Å². The fourth-order valence-electron chi connectivity index (χ4n) is 3.89. The van der Waals surface area contributed by atoms with Gasteiger partial charge >= 0.3 is 0 Å². The number of fused-ring (bicyclic) bond motifs is 1. The molecule has 1 aromatic heterocycles. The average molecular weight is 398 g/mol. The molecule has 0 bridgehead atoms. The minimum atomic E-state index is -0.706. The highest BCUT2D eigenvalue weighted by molar-refractivity contribution is 6.05. The molecule has 1 unspecified atom stereocenters. The second kappa shape index (κ2) is 7.64. The first-order chi connectivity index (χ1) is 14.4. The van der Waals surface area contributed by atoms with E-state index in [-0.39, 0.29) is 5.78 Å². The zero-order valence-electron chi connectivity index (χ0n) is 17.2. The van der Waals surface area contributed by atoms with E-state index < -0.39 is 11.5 Å². The van der Waals surface area contributed by atoms with E-state index in [0.29, 0.717) is 29.2 Å². The summed E-state index contributed by atoms with van der Waals surface area (Å²) in [6.45, 7) is 6.14. The van der Waals surface area contributed by atoms with Crippen LogP contribution < -0.4 is 9.47 Å². The predicted octanol–water partition coefficient (Wildman–Crippen LogP) is 4.98. The van der Waals surface area contributed by atoms with Gasteiger partial charge < -0.3 is 9.47 Å². The van der Waals surface area contributed by atoms with Gasteiger partial charge in [0, 0.05) is 18.0 Å². The van der Waals surface area contributed by atoms with Crippen LogP contribution in [0.15, 0.2) is 60.9 Å². The minimum Gasteiger partial charge on any atom is -0.488 e. The summed E-state index contributed by atoms with van der Waals surface area (Å²) in [7, 11) is 0. The number of carbonyl (C=O) groups excluding carboxylic acids is 1. The Balaban J connectivity index is 1.62. The number of ether oxygens (including phenoxy) is 2. The summed E-state index contributed by atoms with van der Waals surface area (Å²) >= 11 is 0. The van der Waals surface area contributed by atoms with Crippen molar-refractivity contribution in [1.82, 2.24) is 4.98 Å². The minimum absolute atomic E-state index is 0.0363. The van der Waals surface area contributed by atoms with E-state index in [1.165, 1.54) is 0 Å². The largest absolute Gasteiger partial charge is 0.488 e. The first kappa shape index (κ1) is 19.7. The van der Waals surface area contributed by atoms with Crippen LogP contribution >= 0.6 is 0 Å². The molecule has 1 atom stereocenters. The number of pyridine rings is 1. The molecule has 0 aliphatic carbocycles. The average Bonchev–Trinajstić information content (AvgIpc) is 2.74. The van der Waals surface area contributed by atoms with Crippen LogP contribution in [0.1, 0.15) is 52.4 Å². The molecule has 0 spiro atoms. The van der Waals surface area contributed by atoms with Crippen LogP contribution in [0.5, 0.6) is 11.5 Å². The van der Waals surface area contributed by atoms with E-state index in [9.17, 15) is 4.79 Å². The maximum Gasteiger partial charge on any atom is 0.178 e. The van der Waals surface area contributed by atoms with Crippen LogP contribution in [-0.4, -0.2) is 16.4 Å². The highest BCUT2D eigenvalue weighted by atomic mass is 16.5. The maximum atomic E-state index is 13.4. The van der Waals surface area contributed by atoms with Crippen molar-refractivity contribution in [1.29, 1.82) is 5.26 Å². The zero-order chi connectivity index (χ0) is 21.3. The molecule has 0 amide bonds. The van der Waals surface area contributed by atoms with Crippen LogP contribution in [0.3, 0.4) is 0 Å². The number of aromatic nitrogens is 1. The van der Waals surface area contributed by atoms with Crippen molar-refractivity contribution in [2.24, 2.45) is 0 Å². The fraction of sp³-hybridized carbons (Fsp3) is 0.240. The van der Waals surface area contributed by atoms with Gasteiger partial charge in [0.2, 0.25) is 0 Å². The number of hydrogen-bond donors (Lipinski definition) is 0. The van der Waals surface area contributed by atoms with Gasteiger partial charge in [0.25, 0.3) is 0 Å². The Labute approximate surface area is 175 Å². The molecule has 0 fully saturated rings. The van der Waals surface area contributed by atoms with Crippen LogP contribution in [-0.2, 0) is 6.61 Å². The highest BCUT2D eigenvalue weighted by Crippen LogP contribution is 2.45. The smallest absolute Gasteiger partial charge is 0.178 e. The van der Waals surface area contributed by atoms with Crippen molar-refractivity contribution in [2.75, 3.05) is 0 Å². The van der Waals surface area contributed by atoms with Gasteiger partial charge in [-0.3, -0.25) is 9.78 Å². The SMILES string of the molecule is Cc1c(OCc2ccc(C#N)cc2)ccc2c1OC(C)(C)C(c1ccncc1)C2=O. The number of Topliss-reactive ketones (excluding diaryl/α,β-unsaturated/α-hetero) is 1. The fourth-order valence-corrected chi connectivity index (χ4v) is 3.89. The number of benzene rings is 2. The Morgan fingerprint density at radius 2 is 1.80 bits per heavy atom. The van der Waals surface area contributed by atoms with E-state index in [0.717, 1.165) is 16.7 Å². The lowest BCUT2D eigenvalue weighted by Gasteiger charge is -2.40. The summed E-state index contributed by atoms with van der Waals surface area (Å²) in [5.74, 6) is 0.878. The van der Waals surface area contributed by atoms with E-state index >= 15 is 0 Å². The second-order valence-corrected chi connectivity index (χ2v) is 7.95. The normalized spacial score (nSPS) is 16.9. The Morgan fingerprint density at radius 1 is 1.10 bits per heavy atom. The number of ketones is 1. The van der Waals surface area contributed by atoms with Crippen molar-refractivity contribution >= 4 is 5.78 Å². The molecular formula is C25H22N2O3. The van der Waals surface area contributed by atoms with Crippen LogP contribution in [0.2, 0.25) is 0 Å². The van der Waals surface area contributed by atoms with E-state index in [1.54, 1.807) is 30.6 Å². The zero-order valence-corrected chi connectivity index (χ0v) is 17.2. The van der Waals surface area contributed by atoms with E-state index in [4.69, 9.17) is 14.7 Å². The van der Waals surface area contributed by atoms with Gasteiger partial charge in [-0.05, 0) is 68.3 Å². The lowest BCUT2D eigenvalue weighted by molar-refractivity contribution is 0.0477. The van der Waals surface area contributed by atoms with Gasteiger partial charge in [-0.2, -0.15) is 5.26 Å². The third-order valence-electron chi connectivity index (χ3n) is 5.46. The third kappa shape index (κ3) is 3.53. The number of nitriles is 1. The predicted molar refractivity (Wildman–Crippen MR) is 113 cm³/mol. The first-order valence-electron chi connectivity index (χ1n) is 9.79. The van der Waals surface area contributed by atoms with Crippen molar-refractivity contribution in [3.63, 3.8) is 0 Å². The molecule has 150 valence electrons. The number of nitrogens with zero attached hydrogens (tertiary/aromatic N) is 2. The molecule has 1 aliphatic rings. The Morgan fingerprint density at radius 3 is 2.47 bits per heavy atom. The van der Waals surface area contributed by atoms with Gasteiger partial charge in [0.15, 0.2) is 5.78 Å². The second-order valence-electron chi connectivity index (χ2n) is 7.95. The molecule has 1 aliphatic heterocycles. The summed E-state index contributed by atoms with van der Waals surface area (Å²) in [5, 5.41) is 8.91. The molecule has 4 rings (SSSR count). The van der Waals surface area contributed by atoms with Gasteiger partial charge in [0.05, 0.1) is 23.1 Å². The Kier molecular flexibility index (Phi) is 5.01. The lowest BCUT2D eigenvalue weighted by Crippen LogP contribution is -2.44. The molecule has 5 nitrogen and oxygen atoms in total. The van der Waals surface area contributed by atoms with Crippen LogP contribution in [0, 0.1) is 18.3 Å². The lowest BCUT2D eigenvalue weighted by atomic mass is 9.77. The summed E-state index contributed by atoms with van der Waals surface area (Å²) in [6.07, 6.45) is 3.39. The van der Waals surface area contributed by atoms with Gasteiger partial charge in [-0.15, -0.1) is 0 Å². The molecule has 2 heterocycles. The van der Waals surface area contributed by atoms with Crippen molar-refractivity contribution in [3.05, 3.63) is 88.7 Å². The molecule has 0 saturated carbocycles. The quantitative estimate of drug-likeness (QED) is 0.620. The van der Waals surface area contributed by atoms with Crippen LogP contribution in [0.4, 0.5) is 0 Å². The molecule has 5 heteroatoms. The molecule has 30 heavy (non-hydrogen) atoms. The standard InChI is InChI=1S/C25H22N2O3/c1-16-21(29-15-18-6-4-17(14-26)5-7-18)9-8-20-23(28)22(19-10-12-27-13-11-19)25(2,3)30-24(16)20/h4-13,22H,15H2,1-3H3. The summed E-state index contributed by atoms with van der Waals surface area (Å²) in [6, 6.07) is 16.7. The van der Waals surface area contributed by atoms with E-state index in [2.05, 4.69) is 11.1 Å². The van der Waals surface area contributed by atoms with Gasteiger partial charge in [0.1, 0.15) is 23.7 Å². The number of carbonyl (C=O) groups is 1. The Bertz CT molecular complexity index is 1130. The van der Waals surface area contributed by atoms with Crippen molar-refractivity contribution in [3.8, 4) is 17.6 Å². The summed E-state index contributed by atoms with van der Waals surface area (Å²) < 4.78 is 12.3. The molecular weight excluding hydrogens is 376 g/mol. The van der Waals surface area contributed by atoms with E-state index in [1.807, 2.05) is 51.1 Å². The van der Waals surface area contributed by atoms with Crippen molar-refractivity contribution in [2.45, 2.75) is 38.9 Å². The third-order valence-corrected chi connectivity index (χ3v) is 5.46. The number of hydrogen-bond acceptors (Lipinski definition) is 5. The molecule has 2 aromatic carbocycles. The molecule has 0 N–H and O–H groups in total. The molecule has 0 saturated heterocycles. The number of rotatable bonds is 4. The summed E-state index contributed by atoms with van der Waals surface area (Å²) in [5.41, 5.74) is 3.13. The van der Waals surface area contributed by atoms with Crippen LogP contribution in [0.25, 0.3) is 0 Å². The first-order valence-corrected chi connectivity index (χ1v) is 9.79. The Hall–Kier alpha value is -3.65. The molecule has 0 radical (unpaired) electrons. The molecule has 3 aromatic rings.